The van der Waals surface area contributed by atoms with E-state index in [9.17, 15) is 9.59 Å². The highest BCUT2D eigenvalue weighted by atomic mass is 16.7. The topological polar surface area (TPSA) is 86.3 Å². The fourth-order valence-corrected chi connectivity index (χ4v) is 3.90. The van der Waals surface area contributed by atoms with Crippen molar-refractivity contribution >= 4 is 17.5 Å². The Bertz CT molecular complexity index is 992. The van der Waals surface area contributed by atoms with E-state index in [2.05, 4.69) is 5.32 Å². The lowest BCUT2D eigenvalue weighted by Gasteiger charge is -2.19. The van der Waals surface area contributed by atoms with Gasteiger partial charge in [-0.3, -0.25) is 9.59 Å². The van der Waals surface area contributed by atoms with Crippen molar-refractivity contribution in [3.05, 3.63) is 42.0 Å². The molecule has 0 radical (unpaired) electrons. The van der Waals surface area contributed by atoms with Gasteiger partial charge in [-0.15, -0.1) is 0 Å². The molecule has 1 N–H and O–H groups in total. The van der Waals surface area contributed by atoms with E-state index in [-0.39, 0.29) is 30.9 Å². The summed E-state index contributed by atoms with van der Waals surface area (Å²) < 4.78 is 21.8. The molecule has 2 aromatic rings. The molecular formula is C22H22N2O6. The van der Waals surface area contributed by atoms with Gasteiger partial charge in [-0.2, -0.15) is 0 Å². The number of hydrogen-bond acceptors (Lipinski definition) is 6. The Morgan fingerprint density at radius 2 is 1.70 bits per heavy atom. The molecule has 2 aromatic carbocycles. The molecule has 3 heterocycles. The van der Waals surface area contributed by atoms with Gasteiger partial charge in [0, 0.05) is 31.3 Å². The fraction of sp³-hybridized carbons (Fsp3) is 0.364. The smallest absolute Gasteiger partial charge is 0.231 e. The highest BCUT2D eigenvalue weighted by molar-refractivity contribution is 6.00. The van der Waals surface area contributed by atoms with Crippen molar-refractivity contribution in [3.63, 3.8) is 0 Å². The van der Waals surface area contributed by atoms with Gasteiger partial charge >= 0.3 is 0 Å². The zero-order valence-electron chi connectivity index (χ0n) is 16.4. The van der Waals surface area contributed by atoms with Crippen LogP contribution in [0.2, 0.25) is 0 Å². The van der Waals surface area contributed by atoms with Crippen LogP contribution in [0.25, 0.3) is 0 Å². The molecule has 156 valence electrons. The molecule has 8 heteroatoms. The van der Waals surface area contributed by atoms with Gasteiger partial charge in [0.1, 0.15) is 13.2 Å². The van der Waals surface area contributed by atoms with E-state index in [4.69, 9.17) is 18.9 Å². The molecule has 8 nitrogen and oxygen atoms in total. The normalized spacial score (nSPS) is 19.1. The molecule has 0 spiro atoms. The summed E-state index contributed by atoms with van der Waals surface area (Å²) in [7, 11) is 0. The third kappa shape index (κ3) is 3.60. The van der Waals surface area contributed by atoms with Crippen molar-refractivity contribution in [3.8, 4) is 23.0 Å². The summed E-state index contributed by atoms with van der Waals surface area (Å²) in [4.78, 5) is 26.7. The average Bonchev–Trinajstić information content (AvgIpc) is 3.39. The highest BCUT2D eigenvalue weighted by Crippen LogP contribution is 2.37. The maximum atomic E-state index is 12.6. The second-order valence-corrected chi connectivity index (χ2v) is 7.46. The third-order valence-corrected chi connectivity index (χ3v) is 5.48. The van der Waals surface area contributed by atoms with Crippen molar-refractivity contribution in [2.75, 3.05) is 38.0 Å². The molecule has 3 aliphatic heterocycles. The first-order valence-corrected chi connectivity index (χ1v) is 10.0. The van der Waals surface area contributed by atoms with Crippen LogP contribution in [0.5, 0.6) is 23.0 Å². The number of carbonyl (C=O) groups excluding carboxylic acids is 2. The van der Waals surface area contributed by atoms with Gasteiger partial charge in [-0.05, 0) is 36.2 Å². The molecule has 0 aromatic heterocycles. The van der Waals surface area contributed by atoms with Crippen LogP contribution in [0.3, 0.4) is 0 Å². The van der Waals surface area contributed by atoms with Crippen molar-refractivity contribution in [1.29, 1.82) is 0 Å². The predicted octanol–water partition coefficient (Wildman–Crippen LogP) is 1.90. The second kappa shape index (κ2) is 7.78. The molecule has 0 bridgehead atoms. The van der Waals surface area contributed by atoms with E-state index < -0.39 is 0 Å². The SMILES string of the molecule is O=C(NCCc1ccc2c(c1)OCCO2)C1CC(=O)N(c2ccc3c(c2)OCO3)C1. The lowest BCUT2D eigenvalue weighted by molar-refractivity contribution is -0.126. The van der Waals surface area contributed by atoms with E-state index in [1.165, 1.54) is 0 Å². The van der Waals surface area contributed by atoms with Gasteiger partial charge in [-0.1, -0.05) is 6.07 Å². The monoisotopic (exact) mass is 410 g/mol. The van der Waals surface area contributed by atoms with Crippen LogP contribution in [0, 0.1) is 5.92 Å². The number of benzene rings is 2. The molecule has 5 rings (SSSR count). The molecule has 1 saturated heterocycles. The molecule has 0 saturated carbocycles. The third-order valence-electron chi connectivity index (χ3n) is 5.48. The van der Waals surface area contributed by atoms with E-state index in [0.717, 1.165) is 22.7 Å². The number of amides is 2. The molecule has 1 atom stereocenters. The molecule has 1 fully saturated rings. The molecule has 30 heavy (non-hydrogen) atoms. The quantitative estimate of drug-likeness (QED) is 0.810. The van der Waals surface area contributed by atoms with Crippen LogP contribution < -0.4 is 29.2 Å². The molecule has 3 aliphatic rings. The first kappa shape index (κ1) is 18.6. The standard InChI is InChI=1S/C22H22N2O6/c25-21-10-15(12-24(21)16-2-4-18-20(11-16)30-13-29-18)22(26)23-6-5-14-1-3-17-19(9-14)28-8-7-27-17/h1-4,9,11,15H,5-8,10,12-13H2,(H,23,26). The van der Waals surface area contributed by atoms with Crippen molar-refractivity contribution in [2.45, 2.75) is 12.8 Å². The van der Waals surface area contributed by atoms with E-state index in [1.807, 2.05) is 24.3 Å². The summed E-state index contributed by atoms with van der Waals surface area (Å²) in [5.41, 5.74) is 1.78. The van der Waals surface area contributed by atoms with Crippen LogP contribution in [0.1, 0.15) is 12.0 Å². The Kier molecular flexibility index (Phi) is 4.82. The number of anilines is 1. The van der Waals surface area contributed by atoms with Gasteiger partial charge in [0.15, 0.2) is 23.0 Å². The zero-order valence-corrected chi connectivity index (χ0v) is 16.4. The van der Waals surface area contributed by atoms with E-state index in [1.54, 1.807) is 17.0 Å². The second-order valence-electron chi connectivity index (χ2n) is 7.46. The number of rotatable bonds is 5. The largest absolute Gasteiger partial charge is 0.486 e. The Balaban J connectivity index is 1.16. The molecule has 0 aliphatic carbocycles. The highest BCUT2D eigenvalue weighted by Gasteiger charge is 2.35. The zero-order chi connectivity index (χ0) is 20.5. The summed E-state index contributed by atoms with van der Waals surface area (Å²) in [6, 6.07) is 11.2. The van der Waals surface area contributed by atoms with Gasteiger partial charge in [0.05, 0.1) is 5.92 Å². The maximum Gasteiger partial charge on any atom is 0.231 e. The Hall–Kier alpha value is -3.42. The van der Waals surface area contributed by atoms with Crippen molar-refractivity contribution in [2.24, 2.45) is 5.92 Å². The summed E-state index contributed by atoms with van der Waals surface area (Å²) in [6.07, 6.45) is 0.874. The Morgan fingerprint density at radius 1 is 0.967 bits per heavy atom. The van der Waals surface area contributed by atoms with Gasteiger partial charge < -0.3 is 29.2 Å². The minimum Gasteiger partial charge on any atom is -0.486 e. The van der Waals surface area contributed by atoms with Crippen LogP contribution in [0.4, 0.5) is 5.69 Å². The van der Waals surface area contributed by atoms with Crippen LogP contribution in [0.15, 0.2) is 36.4 Å². The minimum absolute atomic E-state index is 0.0687. The minimum atomic E-state index is -0.372. The Morgan fingerprint density at radius 3 is 2.60 bits per heavy atom. The van der Waals surface area contributed by atoms with Gasteiger partial charge in [-0.25, -0.2) is 0 Å². The van der Waals surface area contributed by atoms with Crippen LogP contribution in [-0.4, -0.2) is 44.9 Å². The Labute approximate surface area is 173 Å². The lowest BCUT2D eigenvalue weighted by atomic mass is 10.1. The van der Waals surface area contributed by atoms with Crippen molar-refractivity contribution in [1.82, 2.24) is 5.32 Å². The average molecular weight is 410 g/mol. The number of hydrogen-bond donors (Lipinski definition) is 1. The number of carbonyl (C=O) groups is 2. The summed E-state index contributed by atoms with van der Waals surface area (Å²) in [6.45, 7) is 2.14. The number of nitrogens with one attached hydrogen (secondary N) is 1. The first-order valence-electron chi connectivity index (χ1n) is 10.0. The van der Waals surface area contributed by atoms with Gasteiger partial charge in [0.25, 0.3) is 0 Å². The molecule has 1 unspecified atom stereocenters. The first-order chi connectivity index (χ1) is 14.7. The lowest BCUT2D eigenvalue weighted by Crippen LogP contribution is -2.34. The number of nitrogens with zero attached hydrogens (tertiary/aromatic N) is 1. The number of ether oxygens (including phenoxy) is 4. The summed E-state index contributed by atoms with van der Waals surface area (Å²) in [5, 5.41) is 2.95. The van der Waals surface area contributed by atoms with Crippen LogP contribution >= 0.6 is 0 Å². The molecule has 2 amide bonds. The predicted molar refractivity (Wildman–Crippen MR) is 107 cm³/mol. The van der Waals surface area contributed by atoms with Gasteiger partial charge in [0.2, 0.25) is 18.6 Å². The summed E-state index contributed by atoms with van der Waals surface area (Å²) in [5.74, 6) is 2.23. The van der Waals surface area contributed by atoms with Crippen molar-refractivity contribution < 1.29 is 28.5 Å². The maximum absolute atomic E-state index is 12.6. The molecular weight excluding hydrogens is 388 g/mol. The van der Waals surface area contributed by atoms with E-state index >= 15 is 0 Å². The number of fused-ring (bicyclic) bond motifs is 2. The van der Waals surface area contributed by atoms with E-state index in [0.29, 0.717) is 44.2 Å². The van der Waals surface area contributed by atoms with Crippen LogP contribution in [-0.2, 0) is 16.0 Å². The fourth-order valence-electron chi connectivity index (χ4n) is 3.90. The summed E-state index contributed by atoms with van der Waals surface area (Å²) >= 11 is 0.